The van der Waals surface area contributed by atoms with E-state index in [-0.39, 0.29) is 6.04 Å². The third kappa shape index (κ3) is 2.44. The zero-order chi connectivity index (χ0) is 13.3. The van der Waals surface area contributed by atoms with Crippen LogP contribution in [0.5, 0.6) is 0 Å². The van der Waals surface area contributed by atoms with Crippen molar-refractivity contribution in [1.82, 2.24) is 4.98 Å². The summed E-state index contributed by atoms with van der Waals surface area (Å²) >= 11 is 0. The number of benzene rings is 1. The van der Waals surface area contributed by atoms with Crippen molar-refractivity contribution in [3.05, 3.63) is 64.0 Å². The number of hydrogen-bond donors (Lipinski definition) is 1. The predicted molar refractivity (Wildman–Crippen MR) is 75.7 cm³/mol. The summed E-state index contributed by atoms with van der Waals surface area (Å²) in [5.41, 5.74) is 13.5. The summed E-state index contributed by atoms with van der Waals surface area (Å²) in [4.78, 5) is 4.32. The van der Waals surface area contributed by atoms with E-state index in [1.54, 1.807) is 0 Å². The van der Waals surface area contributed by atoms with Crippen LogP contribution in [0.25, 0.3) is 0 Å². The number of hydrogen-bond acceptors (Lipinski definition) is 2. The lowest BCUT2D eigenvalue weighted by Crippen LogP contribution is -2.15. The second-order valence-electron chi connectivity index (χ2n) is 5.02. The molecule has 0 aliphatic rings. The molecule has 2 aromatic rings. The SMILES string of the molecule is Cc1cc(C)c(C(N)c2ccc(C)nc2)c(C)c1. The lowest BCUT2D eigenvalue weighted by atomic mass is 9.91. The highest BCUT2D eigenvalue weighted by Gasteiger charge is 2.14. The van der Waals surface area contributed by atoms with Gasteiger partial charge in [0.25, 0.3) is 0 Å². The number of nitrogens with two attached hydrogens (primary N) is 1. The Kier molecular flexibility index (Phi) is 3.48. The lowest BCUT2D eigenvalue weighted by Gasteiger charge is -2.18. The molecule has 1 heterocycles. The zero-order valence-corrected chi connectivity index (χ0v) is 11.5. The Morgan fingerprint density at radius 1 is 1.00 bits per heavy atom. The fourth-order valence-corrected chi connectivity index (χ4v) is 2.51. The van der Waals surface area contributed by atoms with Crippen molar-refractivity contribution in [2.24, 2.45) is 5.73 Å². The van der Waals surface area contributed by atoms with E-state index in [1.807, 2.05) is 19.2 Å². The fourth-order valence-electron chi connectivity index (χ4n) is 2.51. The molecule has 0 fully saturated rings. The molecule has 0 saturated carbocycles. The lowest BCUT2D eigenvalue weighted by molar-refractivity contribution is 0.841. The molecule has 1 aromatic heterocycles. The molecule has 18 heavy (non-hydrogen) atoms. The van der Waals surface area contributed by atoms with Gasteiger partial charge in [0, 0.05) is 11.9 Å². The van der Waals surface area contributed by atoms with Crippen LogP contribution in [0.1, 0.15) is 39.6 Å². The zero-order valence-electron chi connectivity index (χ0n) is 11.5. The van der Waals surface area contributed by atoms with Gasteiger partial charge < -0.3 is 5.73 Å². The molecule has 0 saturated heterocycles. The van der Waals surface area contributed by atoms with Gasteiger partial charge in [0.2, 0.25) is 0 Å². The minimum Gasteiger partial charge on any atom is -0.320 e. The number of pyridine rings is 1. The van der Waals surface area contributed by atoms with Crippen LogP contribution in [0.3, 0.4) is 0 Å². The maximum absolute atomic E-state index is 6.38. The van der Waals surface area contributed by atoms with Gasteiger partial charge in [-0.25, -0.2) is 0 Å². The van der Waals surface area contributed by atoms with Crippen LogP contribution < -0.4 is 5.73 Å². The van der Waals surface area contributed by atoms with Gasteiger partial charge in [-0.1, -0.05) is 23.8 Å². The van der Waals surface area contributed by atoms with Crippen LogP contribution in [-0.4, -0.2) is 4.98 Å². The van der Waals surface area contributed by atoms with Crippen LogP contribution in [-0.2, 0) is 0 Å². The molecule has 0 spiro atoms. The van der Waals surface area contributed by atoms with Crippen molar-refractivity contribution < 1.29 is 0 Å². The minimum absolute atomic E-state index is 0.0984. The minimum atomic E-state index is -0.0984. The topological polar surface area (TPSA) is 38.9 Å². The summed E-state index contributed by atoms with van der Waals surface area (Å²) in [5, 5.41) is 0. The Labute approximate surface area is 109 Å². The van der Waals surface area contributed by atoms with Crippen LogP contribution >= 0.6 is 0 Å². The molecule has 0 amide bonds. The maximum Gasteiger partial charge on any atom is 0.0572 e. The van der Waals surface area contributed by atoms with Gasteiger partial charge in [-0.05, 0) is 56.0 Å². The van der Waals surface area contributed by atoms with Crippen molar-refractivity contribution in [1.29, 1.82) is 0 Å². The van der Waals surface area contributed by atoms with Crippen molar-refractivity contribution in [2.45, 2.75) is 33.7 Å². The Morgan fingerprint density at radius 3 is 2.11 bits per heavy atom. The largest absolute Gasteiger partial charge is 0.320 e. The molecular weight excluding hydrogens is 220 g/mol. The highest BCUT2D eigenvalue weighted by molar-refractivity contribution is 5.43. The Balaban J connectivity index is 2.46. The Hall–Kier alpha value is -1.67. The van der Waals surface area contributed by atoms with Crippen molar-refractivity contribution >= 4 is 0 Å². The van der Waals surface area contributed by atoms with Gasteiger partial charge in [-0.2, -0.15) is 0 Å². The smallest absolute Gasteiger partial charge is 0.0572 e. The van der Waals surface area contributed by atoms with E-state index < -0.39 is 0 Å². The van der Waals surface area contributed by atoms with Gasteiger partial charge in [0.1, 0.15) is 0 Å². The third-order valence-electron chi connectivity index (χ3n) is 3.34. The first-order chi connectivity index (χ1) is 8.49. The number of aromatic nitrogens is 1. The fraction of sp³-hybridized carbons (Fsp3) is 0.312. The average Bonchev–Trinajstić information content (AvgIpc) is 2.28. The van der Waals surface area contributed by atoms with Gasteiger partial charge >= 0.3 is 0 Å². The Bertz CT molecular complexity index is 533. The molecule has 2 nitrogen and oxygen atoms in total. The van der Waals surface area contributed by atoms with E-state index >= 15 is 0 Å². The van der Waals surface area contributed by atoms with Crippen LogP contribution in [0.2, 0.25) is 0 Å². The number of aryl methyl sites for hydroxylation is 4. The molecule has 0 bridgehead atoms. The molecule has 1 aromatic carbocycles. The van der Waals surface area contributed by atoms with E-state index in [2.05, 4.69) is 44.0 Å². The van der Waals surface area contributed by atoms with Gasteiger partial charge in [0.15, 0.2) is 0 Å². The normalized spacial score (nSPS) is 12.5. The molecule has 0 aliphatic heterocycles. The van der Waals surface area contributed by atoms with Crippen LogP contribution in [0.4, 0.5) is 0 Å². The molecule has 94 valence electrons. The third-order valence-corrected chi connectivity index (χ3v) is 3.34. The Morgan fingerprint density at radius 2 is 1.61 bits per heavy atom. The first kappa shape index (κ1) is 12.8. The maximum atomic E-state index is 6.38. The number of rotatable bonds is 2. The number of nitrogens with zero attached hydrogens (tertiary/aromatic N) is 1. The predicted octanol–water partition coefficient (Wildman–Crippen LogP) is 3.36. The van der Waals surface area contributed by atoms with E-state index in [1.165, 1.54) is 22.3 Å². The standard InChI is InChI=1S/C16H20N2/c1-10-7-11(2)15(12(3)8-10)16(17)14-6-5-13(4)18-9-14/h5-9,16H,17H2,1-4H3. The summed E-state index contributed by atoms with van der Waals surface area (Å²) in [6.07, 6.45) is 1.87. The summed E-state index contributed by atoms with van der Waals surface area (Å²) in [7, 11) is 0. The quantitative estimate of drug-likeness (QED) is 0.874. The van der Waals surface area contributed by atoms with E-state index in [0.717, 1.165) is 11.3 Å². The summed E-state index contributed by atoms with van der Waals surface area (Å²) in [6, 6.07) is 8.34. The molecule has 2 rings (SSSR count). The molecule has 1 atom stereocenters. The molecular formula is C16H20N2. The summed E-state index contributed by atoms with van der Waals surface area (Å²) in [6.45, 7) is 8.34. The van der Waals surface area contributed by atoms with Gasteiger partial charge in [-0.3, -0.25) is 4.98 Å². The second-order valence-corrected chi connectivity index (χ2v) is 5.02. The average molecular weight is 240 g/mol. The van der Waals surface area contributed by atoms with E-state index in [9.17, 15) is 0 Å². The molecule has 1 unspecified atom stereocenters. The highest BCUT2D eigenvalue weighted by Crippen LogP contribution is 2.26. The second kappa shape index (κ2) is 4.91. The van der Waals surface area contributed by atoms with Crippen LogP contribution in [0.15, 0.2) is 30.5 Å². The first-order valence-electron chi connectivity index (χ1n) is 6.25. The van der Waals surface area contributed by atoms with Crippen molar-refractivity contribution in [2.75, 3.05) is 0 Å². The highest BCUT2D eigenvalue weighted by atomic mass is 14.7. The summed E-state index contributed by atoms with van der Waals surface area (Å²) < 4.78 is 0. The first-order valence-corrected chi connectivity index (χ1v) is 6.25. The van der Waals surface area contributed by atoms with Gasteiger partial charge in [-0.15, -0.1) is 0 Å². The molecule has 0 radical (unpaired) electrons. The summed E-state index contributed by atoms with van der Waals surface area (Å²) in [5.74, 6) is 0. The molecule has 0 aliphatic carbocycles. The molecule has 2 N–H and O–H groups in total. The van der Waals surface area contributed by atoms with E-state index in [0.29, 0.717) is 0 Å². The van der Waals surface area contributed by atoms with Crippen LogP contribution in [0, 0.1) is 27.7 Å². The van der Waals surface area contributed by atoms with E-state index in [4.69, 9.17) is 5.73 Å². The molecule has 2 heteroatoms. The van der Waals surface area contributed by atoms with Crippen molar-refractivity contribution in [3.8, 4) is 0 Å². The monoisotopic (exact) mass is 240 g/mol. The van der Waals surface area contributed by atoms with Crippen molar-refractivity contribution in [3.63, 3.8) is 0 Å². The van der Waals surface area contributed by atoms with Gasteiger partial charge in [0.05, 0.1) is 6.04 Å².